The van der Waals surface area contributed by atoms with Gasteiger partial charge in [0, 0.05) is 10.6 Å². The van der Waals surface area contributed by atoms with Gasteiger partial charge in [0.05, 0.1) is 19.1 Å². The van der Waals surface area contributed by atoms with Gasteiger partial charge in [0.2, 0.25) is 5.91 Å². The van der Waals surface area contributed by atoms with Crippen LogP contribution in [-0.4, -0.2) is 30.2 Å². The minimum absolute atomic E-state index is 0.0602. The second-order valence-electron chi connectivity index (χ2n) is 5.30. The standard InChI is InChI=1S/C18H16ClN3O3S/c1-24-16-7-2-12(9-20-22-18-21-17(23)11-26-18)8-13(16)10-25-15-5-3-14(19)4-6-15/h2-9H,10-11H2,1H3,(H,21,22,23). The zero-order valence-electron chi connectivity index (χ0n) is 13.9. The predicted molar refractivity (Wildman–Crippen MR) is 104 cm³/mol. The zero-order valence-corrected chi connectivity index (χ0v) is 15.5. The number of methoxy groups -OCH3 is 1. The predicted octanol–water partition coefficient (Wildman–Crippen LogP) is 3.48. The maximum atomic E-state index is 11.1. The van der Waals surface area contributed by atoms with Crippen LogP contribution in [0.15, 0.2) is 52.7 Å². The van der Waals surface area contributed by atoms with Crippen molar-refractivity contribution >= 4 is 40.7 Å². The van der Waals surface area contributed by atoms with Crippen LogP contribution in [0.4, 0.5) is 0 Å². The van der Waals surface area contributed by atoms with Crippen LogP contribution in [0.2, 0.25) is 5.02 Å². The molecule has 3 rings (SSSR count). The van der Waals surface area contributed by atoms with Gasteiger partial charge in [-0.3, -0.25) is 4.79 Å². The molecule has 134 valence electrons. The molecule has 1 fully saturated rings. The fourth-order valence-corrected chi connectivity index (χ4v) is 2.97. The van der Waals surface area contributed by atoms with E-state index >= 15 is 0 Å². The SMILES string of the molecule is COc1ccc(C=NN=C2NC(=O)CS2)cc1COc1ccc(Cl)cc1. The van der Waals surface area contributed by atoms with Crippen LogP contribution in [0.1, 0.15) is 11.1 Å². The summed E-state index contributed by atoms with van der Waals surface area (Å²) in [6, 6.07) is 12.8. The molecule has 0 unspecified atom stereocenters. The first-order valence-electron chi connectivity index (χ1n) is 7.73. The summed E-state index contributed by atoms with van der Waals surface area (Å²) in [4.78, 5) is 11.1. The van der Waals surface area contributed by atoms with Gasteiger partial charge in [-0.05, 0) is 48.0 Å². The number of thioether (sulfide) groups is 1. The molecule has 6 nitrogen and oxygen atoms in total. The summed E-state index contributed by atoms with van der Waals surface area (Å²) >= 11 is 7.20. The molecule has 0 aliphatic carbocycles. The minimum Gasteiger partial charge on any atom is -0.496 e. The number of rotatable bonds is 6. The molecule has 2 aromatic carbocycles. The Bertz CT molecular complexity index is 853. The minimum atomic E-state index is -0.0602. The van der Waals surface area contributed by atoms with Crippen molar-refractivity contribution in [3.05, 3.63) is 58.6 Å². The first-order chi connectivity index (χ1) is 12.6. The molecule has 26 heavy (non-hydrogen) atoms. The average Bonchev–Trinajstić information content (AvgIpc) is 3.06. The van der Waals surface area contributed by atoms with Crippen LogP contribution in [-0.2, 0) is 11.4 Å². The number of halogens is 1. The average molecular weight is 390 g/mol. The number of nitrogens with one attached hydrogen (secondary N) is 1. The van der Waals surface area contributed by atoms with Gasteiger partial charge in [-0.2, -0.15) is 5.10 Å². The summed E-state index contributed by atoms with van der Waals surface area (Å²) in [5.41, 5.74) is 1.72. The molecule has 1 aliphatic rings. The van der Waals surface area contributed by atoms with E-state index in [9.17, 15) is 4.79 Å². The van der Waals surface area contributed by atoms with Crippen LogP contribution >= 0.6 is 23.4 Å². The molecule has 1 aliphatic heterocycles. The number of carbonyl (C=O) groups is 1. The van der Waals surface area contributed by atoms with Gasteiger partial charge in [-0.1, -0.05) is 23.4 Å². The molecule has 0 saturated carbocycles. The lowest BCUT2D eigenvalue weighted by Gasteiger charge is -2.11. The first kappa shape index (κ1) is 18.3. The van der Waals surface area contributed by atoms with Crippen molar-refractivity contribution in [2.24, 2.45) is 10.2 Å². The molecular weight excluding hydrogens is 374 g/mol. The molecule has 1 heterocycles. The number of amidine groups is 1. The Morgan fingerprint density at radius 2 is 2.08 bits per heavy atom. The highest BCUT2D eigenvalue weighted by molar-refractivity contribution is 8.15. The third-order valence-corrected chi connectivity index (χ3v) is 4.57. The lowest BCUT2D eigenvalue weighted by Crippen LogP contribution is -2.19. The second-order valence-corrected chi connectivity index (χ2v) is 6.70. The van der Waals surface area contributed by atoms with Crippen LogP contribution in [0, 0.1) is 0 Å². The third kappa shape index (κ3) is 5.00. The zero-order chi connectivity index (χ0) is 18.4. The molecular formula is C18H16ClN3O3S. The molecule has 0 spiro atoms. The Kier molecular flexibility index (Phi) is 6.14. The highest BCUT2D eigenvalue weighted by Crippen LogP contribution is 2.23. The van der Waals surface area contributed by atoms with Gasteiger partial charge in [0.25, 0.3) is 0 Å². The van der Waals surface area contributed by atoms with E-state index in [-0.39, 0.29) is 5.91 Å². The second kappa shape index (κ2) is 8.73. The summed E-state index contributed by atoms with van der Waals surface area (Å²) < 4.78 is 11.2. The summed E-state index contributed by atoms with van der Waals surface area (Å²) in [7, 11) is 1.61. The Labute approximate surface area is 160 Å². The molecule has 0 atom stereocenters. The van der Waals surface area contributed by atoms with Gasteiger partial charge in [0.15, 0.2) is 5.17 Å². The van der Waals surface area contributed by atoms with Crippen LogP contribution in [0.3, 0.4) is 0 Å². The van der Waals surface area contributed by atoms with E-state index in [1.165, 1.54) is 11.8 Å². The van der Waals surface area contributed by atoms with Gasteiger partial charge in [0.1, 0.15) is 18.1 Å². The molecule has 1 amide bonds. The molecule has 0 radical (unpaired) electrons. The van der Waals surface area contributed by atoms with Crippen molar-refractivity contribution in [3.8, 4) is 11.5 Å². The number of amides is 1. The number of hydrogen-bond acceptors (Lipinski definition) is 6. The van der Waals surface area contributed by atoms with E-state index in [1.807, 2.05) is 30.3 Å². The van der Waals surface area contributed by atoms with E-state index in [0.717, 1.165) is 22.6 Å². The number of hydrogen-bond donors (Lipinski definition) is 1. The quantitative estimate of drug-likeness (QED) is 0.606. The number of nitrogens with zero attached hydrogens (tertiary/aromatic N) is 2. The largest absolute Gasteiger partial charge is 0.496 e. The van der Waals surface area contributed by atoms with Crippen molar-refractivity contribution in [2.45, 2.75) is 6.61 Å². The molecule has 2 aromatic rings. The van der Waals surface area contributed by atoms with Gasteiger partial charge < -0.3 is 14.8 Å². The van der Waals surface area contributed by atoms with Crippen LogP contribution in [0.25, 0.3) is 0 Å². The fraction of sp³-hybridized carbons (Fsp3) is 0.167. The van der Waals surface area contributed by atoms with Crippen LogP contribution in [0.5, 0.6) is 11.5 Å². The van der Waals surface area contributed by atoms with Gasteiger partial charge >= 0.3 is 0 Å². The van der Waals surface area contributed by atoms with Gasteiger partial charge in [-0.25, -0.2) is 0 Å². The van der Waals surface area contributed by atoms with Crippen molar-refractivity contribution in [1.82, 2.24) is 5.32 Å². The summed E-state index contributed by atoms with van der Waals surface area (Å²) in [6.45, 7) is 0.340. The Balaban J connectivity index is 1.69. The van der Waals surface area contributed by atoms with E-state index in [0.29, 0.717) is 22.6 Å². The Morgan fingerprint density at radius 3 is 2.77 bits per heavy atom. The van der Waals surface area contributed by atoms with Crippen molar-refractivity contribution < 1.29 is 14.3 Å². The van der Waals surface area contributed by atoms with E-state index in [2.05, 4.69) is 15.5 Å². The van der Waals surface area contributed by atoms with Crippen molar-refractivity contribution in [2.75, 3.05) is 12.9 Å². The highest BCUT2D eigenvalue weighted by atomic mass is 35.5. The first-order valence-corrected chi connectivity index (χ1v) is 9.09. The summed E-state index contributed by atoms with van der Waals surface area (Å²) in [5.74, 6) is 1.76. The Morgan fingerprint density at radius 1 is 1.27 bits per heavy atom. The smallest absolute Gasteiger partial charge is 0.236 e. The maximum Gasteiger partial charge on any atom is 0.236 e. The number of ether oxygens (including phenoxy) is 2. The summed E-state index contributed by atoms with van der Waals surface area (Å²) in [5, 5.41) is 11.8. The lowest BCUT2D eigenvalue weighted by atomic mass is 10.1. The molecule has 1 saturated heterocycles. The van der Waals surface area contributed by atoms with Crippen molar-refractivity contribution in [1.29, 1.82) is 0 Å². The molecule has 1 N–H and O–H groups in total. The monoisotopic (exact) mass is 389 g/mol. The van der Waals surface area contributed by atoms with E-state index < -0.39 is 0 Å². The van der Waals surface area contributed by atoms with E-state index in [1.54, 1.807) is 25.5 Å². The van der Waals surface area contributed by atoms with Crippen LogP contribution < -0.4 is 14.8 Å². The lowest BCUT2D eigenvalue weighted by molar-refractivity contribution is -0.116. The van der Waals surface area contributed by atoms with Crippen molar-refractivity contribution in [3.63, 3.8) is 0 Å². The van der Waals surface area contributed by atoms with E-state index in [4.69, 9.17) is 21.1 Å². The Hall–Kier alpha value is -2.51. The fourth-order valence-electron chi connectivity index (χ4n) is 2.21. The van der Waals surface area contributed by atoms with Gasteiger partial charge in [-0.15, -0.1) is 5.10 Å². The highest BCUT2D eigenvalue weighted by Gasteiger charge is 2.15. The molecule has 8 heteroatoms. The number of carbonyl (C=O) groups excluding carboxylic acids is 1. The third-order valence-electron chi connectivity index (χ3n) is 3.45. The summed E-state index contributed by atoms with van der Waals surface area (Å²) in [6.07, 6.45) is 1.61. The number of benzene rings is 2. The molecule has 0 bridgehead atoms. The topological polar surface area (TPSA) is 72.3 Å². The normalized spacial score (nSPS) is 15.5. The maximum absolute atomic E-state index is 11.1. The molecule has 0 aromatic heterocycles.